The van der Waals surface area contributed by atoms with Gasteiger partial charge in [-0.15, -0.1) is 0 Å². The number of primary amides is 1. The van der Waals surface area contributed by atoms with Gasteiger partial charge in [-0.3, -0.25) is 9.78 Å². The zero-order chi connectivity index (χ0) is 14.5. The van der Waals surface area contributed by atoms with Gasteiger partial charge in [0.2, 0.25) is 5.91 Å². The first kappa shape index (κ1) is 14.0. The second-order valence-electron chi connectivity index (χ2n) is 4.42. The molecule has 0 saturated carbocycles. The highest BCUT2D eigenvalue weighted by molar-refractivity contribution is 5.92. The van der Waals surface area contributed by atoms with Crippen LogP contribution in [0.15, 0.2) is 42.6 Å². The van der Waals surface area contributed by atoms with Crippen molar-refractivity contribution in [3.05, 3.63) is 53.9 Å². The molecule has 0 radical (unpaired) electrons. The Morgan fingerprint density at radius 1 is 1.20 bits per heavy atom. The van der Waals surface area contributed by atoms with E-state index in [-0.39, 0.29) is 6.04 Å². The quantitative estimate of drug-likeness (QED) is 0.873. The van der Waals surface area contributed by atoms with Crippen LogP contribution >= 0.6 is 0 Å². The average molecular weight is 271 g/mol. The second-order valence-corrected chi connectivity index (χ2v) is 4.42. The van der Waals surface area contributed by atoms with Gasteiger partial charge in [0.15, 0.2) is 0 Å². The predicted molar refractivity (Wildman–Crippen MR) is 76.5 cm³/mol. The maximum Gasteiger partial charge on any atom is 0.248 e. The Labute approximate surface area is 117 Å². The van der Waals surface area contributed by atoms with E-state index in [9.17, 15) is 4.79 Å². The Morgan fingerprint density at radius 3 is 2.35 bits per heavy atom. The van der Waals surface area contributed by atoms with Crippen LogP contribution in [0.3, 0.4) is 0 Å². The number of ether oxygens (including phenoxy) is 1. The van der Waals surface area contributed by atoms with Crippen molar-refractivity contribution in [3.8, 4) is 11.5 Å². The highest BCUT2D eigenvalue weighted by Gasteiger charge is 2.06. The molecule has 1 aromatic heterocycles. The lowest BCUT2D eigenvalue weighted by atomic mass is 10.1. The molecule has 5 heteroatoms. The van der Waals surface area contributed by atoms with E-state index in [1.54, 1.807) is 30.5 Å². The molecule has 0 aliphatic heterocycles. The van der Waals surface area contributed by atoms with Crippen molar-refractivity contribution in [2.24, 2.45) is 11.5 Å². The molecule has 0 aliphatic carbocycles. The maximum absolute atomic E-state index is 11.0. The van der Waals surface area contributed by atoms with Gasteiger partial charge in [-0.1, -0.05) is 6.92 Å². The van der Waals surface area contributed by atoms with Crippen LogP contribution in [0.4, 0.5) is 0 Å². The second kappa shape index (κ2) is 6.16. The molecule has 0 saturated heterocycles. The molecule has 0 aliphatic rings. The van der Waals surface area contributed by atoms with Gasteiger partial charge < -0.3 is 16.2 Å². The maximum atomic E-state index is 11.0. The standard InChI is InChI=1S/C15H17N3O2/c1-2-13(16)14-8-7-12(9-18-14)20-11-5-3-10(4-6-11)15(17)19/h3-9,13H,2,16H2,1H3,(H2,17,19)/t13-/m1/s1. The third-order valence-corrected chi connectivity index (χ3v) is 2.95. The van der Waals surface area contributed by atoms with Gasteiger partial charge >= 0.3 is 0 Å². The topological polar surface area (TPSA) is 91.2 Å². The van der Waals surface area contributed by atoms with E-state index in [0.717, 1.165) is 12.1 Å². The van der Waals surface area contributed by atoms with Crippen LogP contribution in [0.1, 0.15) is 35.4 Å². The first-order valence-electron chi connectivity index (χ1n) is 6.39. The molecule has 0 bridgehead atoms. The molecule has 104 valence electrons. The van der Waals surface area contributed by atoms with E-state index >= 15 is 0 Å². The van der Waals surface area contributed by atoms with Gasteiger partial charge in [0.1, 0.15) is 11.5 Å². The zero-order valence-electron chi connectivity index (χ0n) is 11.2. The van der Waals surface area contributed by atoms with E-state index in [0.29, 0.717) is 17.1 Å². The third-order valence-electron chi connectivity index (χ3n) is 2.95. The van der Waals surface area contributed by atoms with Crippen molar-refractivity contribution >= 4 is 5.91 Å². The highest BCUT2D eigenvalue weighted by atomic mass is 16.5. The summed E-state index contributed by atoms with van der Waals surface area (Å²) in [6.07, 6.45) is 2.47. The molecule has 1 amide bonds. The number of amides is 1. The minimum atomic E-state index is -0.462. The summed E-state index contributed by atoms with van der Waals surface area (Å²) in [5.41, 5.74) is 12.3. The largest absolute Gasteiger partial charge is 0.456 e. The average Bonchev–Trinajstić information content (AvgIpc) is 2.48. The van der Waals surface area contributed by atoms with Gasteiger partial charge in [-0.2, -0.15) is 0 Å². The fraction of sp³-hybridized carbons (Fsp3) is 0.200. The fourth-order valence-electron chi connectivity index (χ4n) is 1.70. The Balaban J connectivity index is 2.08. The summed E-state index contributed by atoms with van der Waals surface area (Å²) >= 11 is 0. The number of hydrogen-bond donors (Lipinski definition) is 2. The Morgan fingerprint density at radius 2 is 1.85 bits per heavy atom. The number of hydrogen-bond acceptors (Lipinski definition) is 4. The van der Waals surface area contributed by atoms with Gasteiger partial charge in [-0.05, 0) is 42.8 Å². The summed E-state index contributed by atoms with van der Waals surface area (Å²) in [5.74, 6) is 0.768. The summed E-state index contributed by atoms with van der Waals surface area (Å²) in [4.78, 5) is 15.2. The molecule has 1 heterocycles. The van der Waals surface area contributed by atoms with Crippen LogP contribution in [-0.2, 0) is 0 Å². The predicted octanol–water partition coefficient (Wildman–Crippen LogP) is 2.38. The van der Waals surface area contributed by atoms with E-state index in [1.807, 2.05) is 19.1 Å². The van der Waals surface area contributed by atoms with E-state index in [4.69, 9.17) is 16.2 Å². The smallest absolute Gasteiger partial charge is 0.248 e. The Kier molecular flexibility index (Phi) is 4.32. The number of pyridine rings is 1. The number of carbonyl (C=O) groups excluding carboxylic acids is 1. The number of nitrogens with zero attached hydrogens (tertiary/aromatic N) is 1. The fourth-order valence-corrected chi connectivity index (χ4v) is 1.70. The summed E-state index contributed by atoms with van der Waals surface area (Å²) in [5, 5.41) is 0. The van der Waals surface area contributed by atoms with Crippen LogP contribution in [0.5, 0.6) is 11.5 Å². The molecule has 2 aromatic rings. The molecule has 4 N–H and O–H groups in total. The first-order chi connectivity index (χ1) is 9.60. The lowest BCUT2D eigenvalue weighted by Gasteiger charge is -2.09. The lowest BCUT2D eigenvalue weighted by molar-refractivity contribution is 0.100. The normalized spacial score (nSPS) is 11.9. The molecule has 2 rings (SSSR count). The first-order valence-corrected chi connectivity index (χ1v) is 6.39. The Bertz CT molecular complexity index is 579. The van der Waals surface area contributed by atoms with E-state index < -0.39 is 5.91 Å². The van der Waals surface area contributed by atoms with Crippen molar-refractivity contribution in [1.82, 2.24) is 4.98 Å². The Hall–Kier alpha value is -2.40. The van der Waals surface area contributed by atoms with Crippen LogP contribution in [0.25, 0.3) is 0 Å². The van der Waals surface area contributed by atoms with Crippen molar-refractivity contribution in [2.45, 2.75) is 19.4 Å². The minimum absolute atomic E-state index is 0.0566. The molecule has 0 fully saturated rings. The van der Waals surface area contributed by atoms with Crippen LogP contribution in [0, 0.1) is 0 Å². The van der Waals surface area contributed by atoms with Gasteiger partial charge in [0.05, 0.1) is 11.9 Å². The number of benzene rings is 1. The molecular weight excluding hydrogens is 254 g/mol. The van der Waals surface area contributed by atoms with E-state index in [2.05, 4.69) is 4.98 Å². The summed E-state index contributed by atoms with van der Waals surface area (Å²) in [6, 6.07) is 10.2. The number of nitrogens with two attached hydrogens (primary N) is 2. The third kappa shape index (κ3) is 3.33. The summed E-state index contributed by atoms with van der Waals surface area (Å²) < 4.78 is 5.63. The molecular formula is C15H17N3O2. The lowest BCUT2D eigenvalue weighted by Crippen LogP contribution is -2.10. The monoisotopic (exact) mass is 271 g/mol. The molecule has 20 heavy (non-hydrogen) atoms. The molecule has 1 atom stereocenters. The van der Waals surface area contributed by atoms with Crippen LogP contribution in [0.2, 0.25) is 0 Å². The number of aromatic nitrogens is 1. The van der Waals surface area contributed by atoms with Gasteiger partial charge in [0.25, 0.3) is 0 Å². The van der Waals surface area contributed by atoms with Crippen molar-refractivity contribution in [3.63, 3.8) is 0 Å². The molecule has 1 aromatic carbocycles. The number of rotatable bonds is 5. The molecule has 5 nitrogen and oxygen atoms in total. The van der Waals surface area contributed by atoms with Crippen LogP contribution < -0.4 is 16.2 Å². The SMILES string of the molecule is CC[C@@H](N)c1ccc(Oc2ccc(C(N)=O)cc2)cn1. The van der Waals surface area contributed by atoms with Crippen molar-refractivity contribution < 1.29 is 9.53 Å². The van der Waals surface area contributed by atoms with Gasteiger partial charge in [0, 0.05) is 11.6 Å². The molecule has 0 unspecified atom stereocenters. The highest BCUT2D eigenvalue weighted by Crippen LogP contribution is 2.22. The van der Waals surface area contributed by atoms with Gasteiger partial charge in [-0.25, -0.2) is 0 Å². The number of carbonyl (C=O) groups is 1. The van der Waals surface area contributed by atoms with Crippen molar-refractivity contribution in [1.29, 1.82) is 0 Å². The van der Waals surface area contributed by atoms with Crippen LogP contribution in [-0.4, -0.2) is 10.9 Å². The van der Waals surface area contributed by atoms with Crippen molar-refractivity contribution in [2.75, 3.05) is 0 Å². The minimum Gasteiger partial charge on any atom is -0.456 e. The summed E-state index contributed by atoms with van der Waals surface area (Å²) in [6.45, 7) is 2.01. The zero-order valence-corrected chi connectivity index (χ0v) is 11.2. The van der Waals surface area contributed by atoms with E-state index in [1.165, 1.54) is 0 Å². The molecule has 0 spiro atoms. The summed E-state index contributed by atoms with van der Waals surface area (Å²) in [7, 11) is 0.